The van der Waals surface area contributed by atoms with Crippen LogP contribution in [0, 0.1) is 5.41 Å². The van der Waals surface area contributed by atoms with E-state index in [1.54, 1.807) is 0 Å². The summed E-state index contributed by atoms with van der Waals surface area (Å²) in [6.45, 7) is 6.56. The monoisotopic (exact) mass is 304 g/mol. The fourth-order valence-corrected chi connectivity index (χ4v) is 2.93. The summed E-state index contributed by atoms with van der Waals surface area (Å²) in [5, 5.41) is 0. The summed E-state index contributed by atoms with van der Waals surface area (Å²) >= 11 is 0. The van der Waals surface area contributed by atoms with Gasteiger partial charge < -0.3 is 19.3 Å². The molecule has 0 aliphatic carbocycles. The van der Waals surface area contributed by atoms with E-state index in [1.165, 1.54) is 0 Å². The van der Waals surface area contributed by atoms with E-state index in [9.17, 15) is 4.79 Å². The van der Waals surface area contributed by atoms with Gasteiger partial charge in [-0.3, -0.25) is 4.79 Å². The second-order valence-electron chi connectivity index (χ2n) is 7.08. The second-order valence-corrected chi connectivity index (χ2v) is 7.08. The number of carbonyl (C=O) groups excluding carboxylic acids is 1. The highest BCUT2D eigenvalue weighted by molar-refractivity contribution is 5.95. The van der Waals surface area contributed by atoms with Crippen molar-refractivity contribution in [1.82, 2.24) is 4.90 Å². The fourth-order valence-electron chi connectivity index (χ4n) is 2.93. The Bertz CT molecular complexity index is 565. The van der Waals surface area contributed by atoms with Crippen LogP contribution in [-0.2, 0) is 9.47 Å². The lowest BCUT2D eigenvalue weighted by Crippen LogP contribution is -2.65. The van der Waals surface area contributed by atoms with Gasteiger partial charge in [0.05, 0.1) is 18.6 Å². The van der Waals surface area contributed by atoms with Crippen molar-refractivity contribution in [1.29, 1.82) is 0 Å². The number of nitrogens with zero attached hydrogens (tertiary/aromatic N) is 2. The molecule has 1 spiro atoms. The van der Waals surface area contributed by atoms with E-state index in [1.807, 2.05) is 62.0 Å². The van der Waals surface area contributed by atoms with Gasteiger partial charge in [-0.05, 0) is 32.0 Å². The van der Waals surface area contributed by atoms with Gasteiger partial charge in [-0.1, -0.05) is 6.07 Å². The Labute approximate surface area is 131 Å². The van der Waals surface area contributed by atoms with Crippen LogP contribution < -0.4 is 4.90 Å². The van der Waals surface area contributed by atoms with Crippen molar-refractivity contribution in [3.63, 3.8) is 0 Å². The lowest BCUT2D eigenvalue weighted by Gasteiger charge is -2.54. The van der Waals surface area contributed by atoms with Crippen molar-refractivity contribution in [2.24, 2.45) is 5.41 Å². The summed E-state index contributed by atoms with van der Waals surface area (Å²) < 4.78 is 11.5. The van der Waals surface area contributed by atoms with Crippen LogP contribution in [0.1, 0.15) is 24.2 Å². The van der Waals surface area contributed by atoms with E-state index in [-0.39, 0.29) is 11.3 Å². The van der Waals surface area contributed by atoms with Crippen LogP contribution in [0.4, 0.5) is 5.69 Å². The van der Waals surface area contributed by atoms with Gasteiger partial charge in [0, 0.05) is 38.4 Å². The van der Waals surface area contributed by atoms with Crippen LogP contribution in [0.3, 0.4) is 0 Å². The zero-order valence-corrected chi connectivity index (χ0v) is 13.8. The molecule has 2 aliphatic rings. The molecule has 1 aromatic rings. The van der Waals surface area contributed by atoms with Gasteiger partial charge in [0.25, 0.3) is 5.91 Å². The zero-order valence-electron chi connectivity index (χ0n) is 13.8. The van der Waals surface area contributed by atoms with E-state index in [2.05, 4.69) is 0 Å². The molecule has 2 aliphatic heterocycles. The maximum Gasteiger partial charge on any atom is 0.253 e. The maximum absolute atomic E-state index is 12.6. The highest BCUT2D eigenvalue weighted by Crippen LogP contribution is 2.38. The minimum atomic E-state index is -0.504. The average molecular weight is 304 g/mol. The number of carbonyl (C=O) groups is 1. The Kier molecular flexibility index (Phi) is 3.65. The number of ether oxygens (including phenoxy) is 2. The number of hydrogen-bond donors (Lipinski definition) is 0. The Hall–Kier alpha value is -1.59. The molecule has 0 aromatic heterocycles. The molecule has 5 heteroatoms. The maximum atomic E-state index is 12.6. The number of benzene rings is 1. The van der Waals surface area contributed by atoms with Crippen LogP contribution in [0.15, 0.2) is 24.3 Å². The molecule has 1 amide bonds. The van der Waals surface area contributed by atoms with Crippen LogP contribution in [-0.4, -0.2) is 57.0 Å². The van der Waals surface area contributed by atoms with Gasteiger partial charge in [-0.15, -0.1) is 0 Å². The molecular formula is C17H24N2O3. The van der Waals surface area contributed by atoms with Crippen molar-refractivity contribution in [3.8, 4) is 0 Å². The van der Waals surface area contributed by atoms with E-state index >= 15 is 0 Å². The first kappa shape index (κ1) is 15.3. The number of rotatable bonds is 2. The Morgan fingerprint density at radius 2 is 1.82 bits per heavy atom. The first-order valence-electron chi connectivity index (χ1n) is 7.65. The summed E-state index contributed by atoms with van der Waals surface area (Å²) in [5.41, 5.74) is 1.75. The Balaban J connectivity index is 1.63. The van der Waals surface area contributed by atoms with Gasteiger partial charge in [0.1, 0.15) is 0 Å². The van der Waals surface area contributed by atoms with E-state index in [4.69, 9.17) is 9.47 Å². The quantitative estimate of drug-likeness (QED) is 0.838. The Morgan fingerprint density at radius 3 is 2.41 bits per heavy atom. The summed E-state index contributed by atoms with van der Waals surface area (Å²) in [6, 6.07) is 7.73. The average Bonchev–Trinajstić information content (AvgIpc) is 2.45. The highest BCUT2D eigenvalue weighted by Gasteiger charge is 2.50. The molecule has 2 saturated heterocycles. The zero-order chi connectivity index (χ0) is 16.0. The third-order valence-corrected chi connectivity index (χ3v) is 4.40. The smallest absolute Gasteiger partial charge is 0.253 e. The van der Waals surface area contributed by atoms with E-state index < -0.39 is 5.79 Å². The van der Waals surface area contributed by atoms with Crippen LogP contribution in [0.25, 0.3) is 0 Å². The molecular weight excluding hydrogens is 280 g/mol. The highest BCUT2D eigenvalue weighted by atomic mass is 16.7. The molecule has 0 bridgehead atoms. The van der Waals surface area contributed by atoms with Crippen LogP contribution in [0.2, 0.25) is 0 Å². The van der Waals surface area contributed by atoms with Gasteiger partial charge in [-0.2, -0.15) is 0 Å². The van der Waals surface area contributed by atoms with E-state index in [0.29, 0.717) is 26.3 Å². The minimum Gasteiger partial charge on any atom is -0.378 e. The number of hydrogen-bond acceptors (Lipinski definition) is 4. The normalized spacial score (nSPS) is 22.3. The molecule has 0 radical (unpaired) electrons. The lowest BCUT2D eigenvalue weighted by atomic mass is 9.80. The summed E-state index contributed by atoms with van der Waals surface area (Å²) in [6.07, 6.45) is 0. The fraction of sp³-hybridized carbons (Fsp3) is 0.588. The minimum absolute atomic E-state index is 0.0235. The molecule has 0 atom stereocenters. The first-order chi connectivity index (χ1) is 10.3. The third kappa shape index (κ3) is 2.83. The predicted molar refractivity (Wildman–Crippen MR) is 85.1 cm³/mol. The van der Waals surface area contributed by atoms with Crippen molar-refractivity contribution < 1.29 is 14.3 Å². The van der Waals surface area contributed by atoms with Gasteiger partial charge in [0.2, 0.25) is 0 Å². The molecule has 120 valence electrons. The van der Waals surface area contributed by atoms with Crippen LogP contribution in [0.5, 0.6) is 0 Å². The molecule has 0 unspecified atom stereocenters. The molecule has 2 heterocycles. The second kappa shape index (κ2) is 5.25. The van der Waals surface area contributed by atoms with Crippen molar-refractivity contribution >= 4 is 11.6 Å². The third-order valence-electron chi connectivity index (χ3n) is 4.40. The topological polar surface area (TPSA) is 42.0 Å². The van der Waals surface area contributed by atoms with Crippen molar-refractivity contribution in [2.45, 2.75) is 19.6 Å². The number of likely N-dealkylation sites (tertiary alicyclic amines) is 1. The number of anilines is 1. The summed E-state index contributed by atoms with van der Waals surface area (Å²) in [5.74, 6) is -0.422. The van der Waals surface area contributed by atoms with Crippen LogP contribution >= 0.6 is 0 Å². The molecule has 5 nitrogen and oxygen atoms in total. The molecule has 0 N–H and O–H groups in total. The van der Waals surface area contributed by atoms with E-state index in [0.717, 1.165) is 11.3 Å². The lowest BCUT2D eigenvalue weighted by molar-refractivity contribution is -0.301. The Morgan fingerprint density at radius 1 is 1.18 bits per heavy atom. The predicted octanol–water partition coefficient (Wildman–Crippen LogP) is 1.98. The van der Waals surface area contributed by atoms with Crippen molar-refractivity contribution in [3.05, 3.63) is 29.8 Å². The summed E-state index contributed by atoms with van der Waals surface area (Å²) in [4.78, 5) is 16.5. The largest absolute Gasteiger partial charge is 0.378 e. The SMILES string of the molecule is CN(C)c1cccc(C(=O)N2CC3(COC(C)(C)OC3)C2)c1. The van der Waals surface area contributed by atoms with Gasteiger partial charge >= 0.3 is 0 Å². The standard InChI is InChI=1S/C17H24N2O3/c1-16(2)21-11-17(12-22-16)9-19(10-17)15(20)13-6-5-7-14(8-13)18(3)4/h5-8H,9-12H2,1-4H3. The van der Waals surface area contributed by atoms with Gasteiger partial charge in [-0.25, -0.2) is 0 Å². The molecule has 2 fully saturated rings. The molecule has 0 saturated carbocycles. The summed E-state index contributed by atoms with van der Waals surface area (Å²) in [7, 11) is 3.95. The molecule has 1 aromatic carbocycles. The number of amides is 1. The molecule has 22 heavy (non-hydrogen) atoms. The van der Waals surface area contributed by atoms with Crippen molar-refractivity contribution in [2.75, 3.05) is 45.3 Å². The molecule has 3 rings (SSSR count). The first-order valence-corrected chi connectivity index (χ1v) is 7.65. The van der Waals surface area contributed by atoms with Gasteiger partial charge in [0.15, 0.2) is 5.79 Å².